The van der Waals surface area contributed by atoms with E-state index in [2.05, 4.69) is 4.90 Å². The summed E-state index contributed by atoms with van der Waals surface area (Å²) in [6.45, 7) is 7.46. The molecule has 0 aromatic rings. The highest BCUT2D eigenvalue weighted by Crippen LogP contribution is 2.20. The van der Waals surface area contributed by atoms with Crippen LogP contribution in [0.1, 0.15) is 33.6 Å². The molecule has 1 fully saturated rings. The van der Waals surface area contributed by atoms with Gasteiger partial charge in [0, 0.05) is 19.1 Å². The van der Waals surface area contributed by atoms with E-state index in [1.165, 1.54) is 0 Å². The molecule has 1 unspecified atom stereocenters. The van der Waals surface area contributed by atoms with Crippen molar-refractivity contribution in [3.8, 4) is 0 Å². The third-order valence-corrected chi connectivity index (χ3v) is 2.58. The van der Waals surface area contributed by atoms with Crippen LogP contribution in [0.25, 0.3) is 0 Å². The fourth-order valence-corrected chi connectivity index (χ4v) is 2.01. The van der Waals surface area contributed by atoms with Crippen LogP contribution in [0.4, 0.5) is 4.79 Å². The Morgan fingerprint density at radius 2 is 2.06 bits per heavy atom. The van der Waals surface area contributed by atoms with E-state index in [1.54, 1.807) is 0 Å². The van der Waals surface area contributed by atoms with Crippen LogP contribution in [0, 0.1) is 0 Å². The Balaban J connectivity index is 2.54. The van der Waals surface area contributed by atoms with Crippen molar-refractivity contribution in [2.24, 2.45) is 0 Å². The summed E-state index contributed by atoms with van der Waals surface area (Å²) < 4.78 is 5.40. The normalized spacial score (nSPS) is 21.6. The number of hydrogen-bond donors (Lipinski definition) is 0. The molecule has 0 radical (unpaired) electrons. The fraction of sp³-hybridized carbons (Fsp3) is 0.917. The lowest BCUT2D eigenvalue weighted by Crippen LogP contribution is -2.43. The summed E-state index contributed by atoms with van der Waals surface area (Å²) in [5.41, 5.74) is -0.400. The molecule has 0 N–H and O–H groups in total. The number of rotatable bonds is 2. The Kier molecular flexibility index (Phi) is 4.19. The fourth-order valence-electron chi connectivity index (χ4n) is 2.01. The first kappa shape index (κ1) is 13.3. The van der Waals surface area contributed by atoms with Crippen LogP contribution < -0.4 is 0 Å². The third-order valence-electron chi connectivity index (χ3n) is 2.58. The molecular formula is C12H24N2O2. The van der Waals surface area contributed by atoms with Gasteiger partial charge in [0.2, 0.25) is 0 Å². The van der Waals surface area contributed by atoms with Crippen LogP contribution >= 0.6 is 0 Å². The summed E-state index contributed by atoms with van der Waals surface area (Å²) in [7, 11) is 4.07. The van der Waals surface area contributed by atoms with Gasteiger partial charge in [0.1, 0.15) is 5.60 Å². The molecule has 16 heavy (non-hydrogen) atoms. The molecule has 1 aliphatic heterocycles. The lowest BCUT2D eigenvalue weighted by atomic mass is 10.2. The van der Waals surface area contributed by atoms with Gasteiger partial charge in [0.25, 0.3) is 0 Å². The van der Waals surface area contributed by atoms with Gasteiger partial charge in [-0.2, -0.15) is 0 Å². The smallest absolute Gasteiger partial charge is 0.410 e. The molecule has 1 heterocycles. The van der Waals surface area contributed by atoms with Crippen LogP contribution in [-0.4, -0.2) is 54.7 Å². The van der Waals surface area contributed by atoms with E-state index in [0.29, 0.717) is 6.04 Å². The van der Waals surface area contributed by atoms with E-state index in [4.69, 9.17) is 4.74 Å². The minimum atomic E-state index is -0.400. The molecule has 0 saturated carbocycles. The summed E-state index contributed by atoms with van der Waals surface area (Å²) in [4.78, 5) is 15.9. The Labute approximate surface area is 98.5 Å². The zero-order valence-electron chi connectivity index (χ0n) is 11.1. The zero-order valence-corrected chi connectivity index (χ0v) is 11.1. The Bertz CT molecular complexity index is 246. The largest absolute Gasteiger partial charge is 0.444 e. The first-order valence-electron chi connectivity index (χ1n) is 5.94. The van der Waals surface area contributed by atoms with E-state index in [0.717, 1.165) is 25.9 Å². The van der Waals surface area contributed by atoms with Crippen LogP contribution in [0.3, 0.4) is 0 Å². The predicted molar refractivity (Wildman–Crippen MR) is 64.5 cm³/mol. The molecule has 4 heteroatoms. The minimum absolute atomic E-state index is 0.170. The molecule has 0 aromatic heterocycles. The molecule has 1 rings (SSSR count). The number of carbonyl (C=O) groups excluding carboxylic acids is 1. The Hall–Kier alpha value is -0.770. The summed E-state index contributed by atoms with van der Waals surface area (Å²) in [5, 5.41) is 0. The van der Waals surface area contributed by atoms with E-state index in [-0.39, 0.29) is 6.09 Å². The van der Waals surface area contributed by atoms with Gasteiger partial charge in [-0.1, -0.05) is 0 Å². The summed E-state index contributed by atoms with van der Waals surface area (Å²) in [5.74, 6) is 0. The SMILES string of the molecule is CN(C)CC1CCCN1C(=O)OC(C)(C)C. The standard InChI is InChI=1S/C12H24N2O2/c1-12(2,3)16-11(15)14-8-6-7-10(14)9-13(4)5/h10H,6-9H2,1-5H3. The molecule has 1 atom stereocenters. The number of amides is 1. The maximum atomic E-state index is 11.9. The van der Waals surface area contributed by atoms with Crippen molar-refractivity contribution in [3.05, 3.63) is 0 Å². The monoisotopic (exact) mass is 228 g/mol. The van der Waals surface area contributed by atoms with Gasteiger partial charge in [-0.3, -0.25) is 0 Å². The topological polar surface area (TPSA) is 32.8 Å². The molecule has 1 amide bonds. The van der Waals surface area contributed by atoms with E-state index >= 15 is 0 Å². The Morgan fingerprint density at radius 3 is 2.56 bits per heavy atom. The lowest BCUT2D eigenvalue weighted by molar-refractivity contribution is 0.0209. The quantitative estimate of drug-likeness (QED) is 0.724. The van der Waals surface area contributed by atoms with Crippen molar-refractivity contribution in [2.45, 2.75) is 45.3 Å². The molecule has 1 saturated heterocycles. The first-order valence-corrected chi connectivity index (χ1v) is 5.94. The number of carbonyl (C=O) groups is 1. The molecule has 0 bridgehead atoms. The summed E-state index contributed by atoms with van der Waals surface area (Å²) in [6, 6.07) is 0.310. The van der Waals surface area contributed by atoms with Gasteiger partial charge < -0.3 is 14.5 Å². The predicted octanol–water partition coefficient (Wildman–Crippen LogP) is 1.95. The van der Waals surface area contributed by atoms with Crippen LogP contribution in [0.2, 0.25) is 0 Å². The van der Waals surface area contributed by atoms with E-state index in [9.17, 15) is 4.79 Å². The first-order chi connectivity index (χ1) is 7.29. The van der Waals surface area contributed by atoms with Crippen molar-refractivity contribution in [2.75, 3.05) is 27.2 Å². The lowest BCUT2D eigenvalue weighted by Gasteiger charge is -2.29. The minimum Gasteiger partial charge on any atom is -0.444 e. The van der Waals surface area contributed by atoms with E-state index < -0.39 is 5.60 Å². The molecule has 4 nitrogen and oxygen atoms in total. The van der Waals surface area contributed by atoms with Gasteiger partial charge in [-0.15, -0.1) is 0 Å². The molecule has 0 aromatic carbocycles. The maximum absolute atomic E-state index is 11.9. The third kappa shape index (κ3) is 4.00. The number of nitrogens with zero attached hydrogens (tertiary/aromatic N) is 2. The number of likely N-dealkylation sites (tertiary alicyclic amines) is 1. The van der Waals surface area contributed by atoms with Crippen molar-refractivity contribution in [3.63, 3.8) is 0 Å². The average Bonchev–Trinajstić information content (AvgIpc) is 2.47. The van der Waals surface area contributed by atoms with Crippen molar-refractivity contribution in [1.29, 1.82) is 0 Å². The molecule has 94 valence electrons. The van der Waals surface area contributed by atoms with Crippen LogP contribution in [0.5, 0.6) is 0 Å². The highest BCUT2D eigenvalue weighted by atomic mass is 16.6. The van der Waals surface area contributed by atoms with Crippen LogP contribution in [-0.2, 0) is 4.74 Å². The molecular weight excluding hydrogens is 204 g/mol. The maximum Gasteiger partial charge on any atom is 0.410 e. The van der Waals surface area contributed by atoms with Crippen molar-refractivity contribution >= 4 is 6.09 Å². The second kappa shape index (κ2) is 5.04. The second-order valence-corrected chi connectivity index (χ2v) is 5.73. The van der Waals surface area contributed by atoms with Gasteiger partial charge in [0.05, 0.1) is 0 Å². The molecule has 0 aliphatic carbocycles. The highest BCUT2D eigenvalue weighted by molar-refractivity contribution is 5.69. The summed E-state index contributed by atoms with van der Waals surface area (Å²) >= 11 is 0. The molecule has 0 spiro atoms. The average molecular weight is 228 g/mol. The van der Waals surface area contributed by atoms with Crippen LogP contribution in [0.15, 0.2) is 0 Å². The van der Waals surface area contributed by atoms with Crippen molar-refractivity contribution < 1.29 is 9.53 Å². The number of likely N-dealkylation sites (N-methyl/N-ethyl adjacent to an activating group) is 1. The zero-order chi connectivity index (χ0) is 12.3. The van der Waals surface area contributed by atoms with Gasteiger partial charge >= 0.3 is 6.09 Å². The second-order valence-electron chi connectivity index (χ2n) is 5.73. The Morgan fingerprint density at radius 1 is 1.44 bits per heavy atom. The highest BCUT2D eigenvalue weighted by Gasteiger charge is 2.32. The summed E-state index contributed by atoms with van der Waals surface area (Å²) in [6.07, 6.45) is 1.99. The number of hydrogen-bond acceptors (Lipinski definition) is 3. The van der Waals surface area contributed by atoms with Gasteiger partial charge in [-0.25, -0.2) is 4.79 Å². The van der Waals surface area contributed by atoms with Gasteiger partial charge in [0.15, 0.2) is 0 Å². The van der Waals surface area contributed by atoms with E-state index in [1.807, 2.05) is 39.8 Å². The van der Waals surface area contributed by atoms with Gasteiger partial charge in [-0.05, 0) is 47.7 Å². The molecule has 1 aliphatic rings. The van der Waals surface area contributed by atoms with Crippen molar-refractivity contribution in [1.82, 2.24) is 9.80 Å². The number of ether oxygens (including phenoxy) is 1.